The number of carbonyl (C=O) groups excluding carboxylic acids is 6. The van der Waals surface area contributed by atoms with Gasteiger partial charge in [0.25, 0.3) is 0 Å². The van der Waals surface area contributed by atoms with E-state index < -0.39 is 81.7 Å². The number of nitrogens with zero attached hydrogens (tertiary/aromatic N) is 2. The number of hydrogen-bond donors (Lipinski definition) is 10. The predicted octanol–water partition coefficient (Wildman–Crippen LogP) is 2.18. The first-order valence-corrected chi connectivity index (χ1v) is 26.8. The summed E-state index contributed by atoms with van der Waals surface area (Å²) < 4.78 is 30.1. The molecule has 3 aromatic carbocycles. The van der Waals surface area contributed by atoms with E-state index >= 15 is 0 Å². The van der Waals surface area contributed by atoms with Gasteiger partial charge in [0.2, 0.25) is 45.5 Å². The molecule has 20 nitrogen and oxygen atoms in total. The van der Waals surface area contributed by atoms with Gasteiger partial charge in [-0.3, -0.25) is 33.8 Å². The third kappa shape index (κ3) is 14.8. The highest BCUT2D eigenvalue weighted by Crippen LogP contribution is 2.29. The number of aromatic hydroxyl groups is 1. The first-order valence-electron chi connectivity index (χ1n) is 25.3. The van der Waals surface area contributed by atoms with E-state index in [0.29, 0.717) is 18.4 Å². The summed E-state index contributed by atoms with van der Waals surface area (Å²) in [5.41, 5.74) is 14.1. The van der Waals surface area contributed by atoms with Crippen LogP contribution in [0.5, 0.6) is 5.75 Å². The predicted molar refractivity (Wildman–Crippen MR) is 275 cm³/mol. The molecule has 21 heteroatoms. The van der Waals surface area contributed by atoms with Crippen molar-refractivity contribution in [2.45, 2.75) is 138 Å². The number of nitrogens with two attached hydrogens (primary N) is 2. The molecule has 2 saturated heterocycles. The highest BCUT2D eigenvalue weighted by molar-refractivity contribution is 7.89. The topological polar surface area (TPSA) is 312 Å². The number of para-hydroxylation sites is 1. The number of phenolic OH excluding ortho intramolecular Hbond substituents is 1. The normalized spacial score (nSPS) is 22.5. The van der Waals surface area contributed by atoms with Crippen LogP contribution in [0.25, 0.3) is 10.9 Å². The Morgan fingerprint density at radius 1 is 0.808 bits per heavy atom. The fraction of sp³-hybridized carbons (Fsp3) is 0.481. The third-order valence-corrected chi connectivity index (χ3v) is 15.5. The standard InChI is InChI=1S/C52H69N11O9S/c1-32-17-23-37(24-18-32)73(71,72)62-44(29-34-19-21-36(64)22-20-34)49(68)59-41-15-8-25-55-46(65)40(14-7-26-56-52(53)54)58-48(67)43(30-35-31-57-39-13-6-5-12-38(35)39)60-47(66)42(28-33-10-3-2-4-11-33)61-50(69)45-16-9-27-63(45)51(41)70/h5-6,12-13,17-24,31,33,40-45,57,62,64H,2-4,7-11,14-16,25-30H2,1H3,(H,55,65)(H,58,67)(H,59,68)(H,60,66)(H,61,69)(H4,53,54,56)/t40-,41-,42+,43?,44-,45-/m0/s1. The maximum Gasteiger partial charge on any atom is 0.245 e. The number of aryl methyl sites for hydroxylation is 1. The van der Waals surface area contributed by atoms with Crippen LogP contribution in [0.4, 0.5) is 0 Å². The minimum atomic E-state index is -4.29. The Balaban J connectivity index is 1.20. The Hall–Kier alpha value is -7.00. The molecule has 6 amide bonds. The third-order valence-electron chi connectivity index (χ3n) is 14.0. The molecule has 2 aliphatic heterocycles. The zero-order chi connectivity index (χ0) is 52.1. The van der Waals surface area contributed by atoms with E-state index in [1.54, 1.807) is 30.5 Å². The summed E-state index contributed by atoms with van der Waals surface area (Å²) in [6.07, 6.45) is 7.82. The number of carbonyl (C=O) groups is 6. The number of aliphatic imine (C=N–C) groups is 1. The summed E-state index contributed by atoms with van der Waals surface area (Å²) >= 11 is 0. The van der Waals surface area contributed by atoms with Crippen LogP contribution in [-0.2, 0) is 51.6 Å². The summed E-state index contributed by atoms with van der Waals surface area (Å²) in [5.74, 6) is -3.83. The molecule has 3 aliphatic rings. The average Bonchev–Trinajstić information content (AvgIpc) is 4.03. The van der Waals surface area contributed by atoms with Gasteiger partial charge in [0.1, 0.15) is 42.0 Å². The minimum Gasteiger partial charge on any atom is -0.508 e. The zero-order valence-corrected chi connectivity index (χ0v) is 42.1. The van der Waals surface area contributed by atoms with E-state index in [1.807, 2.05) is 31.2 Å². The summed E-state index contributed by atoms with van der Waals surface area (Å²) in [7, 11) is -4.29. The molecule has 0 spiro atoms. The number of fused-ring (bicyclic) bond motifs is 2. The van der Waals surface area contributed by atoms with Crippen molar-refractivity contribution >= 4 is 62.3 Å². The Morgan fingerprint density at radius 2 is 1.51 bits per heavy atom. The van der Waals surface area contributed by atoms with Gasteiger partial charge in [-0.15, -0.1) is 0 Å². The number of H-pyrrole nitrogens is 1. The first-order chi connectivity index (χ1) is 35.0. The minimum absolute atomic E-state index is 0.0159. The lowest BCUT2D eigenvalue weighted by molar-refractivity contribution is -0.142. The Bertz CT molecular complexity index is 2720. The lowest BCUT2D eigenvalue weighted by Gasteiger charge is -2.32. The van der Waals surface area contributed by atoms with Gasteiger partial charge in [0.15, 0.2) is 5.96 Å². The quantitative estimate of drug-likeness (QED) is 0.0468. The molecule has 3 fully saturated rings. The van der Waals surface area contributed by atoms with Crippen LogP contribution in [0.2, 0.25) is 0 Å². The molecule has 12 N–H and O–H groups in total. The van der Waals surface area contributed by atoms with Crippen molar-refractivity contribution in [1.29, 1.82) is 0 Å². The average molecular weight is 1020 g/mol. The highest BCUT2D eigenvalue weighted by atomic mass is 32.2. The molecule has 1 saturated carbocycles. The van der Waals surface area contributed by atoms with Gasteiger partial charge < -0.3 is 53.0 Å². The molecule has 1 aromatic heterocycles. The number of guanidine groups is 1. The van der Waals surface area contributed by atoms with Gasteiger partial charge in [-0.05, 0) is 106 Å². The molecule has 0 bridgehead atoms. The SMILES string of the molecule is Cc1ccc(S(=O)(=O)N[C@@H](Cc2ccc(O)cc2)C(=O)N[C@H]2CCCNC(=O)[C@H](CCCN=C(N)N)NC(=O)C(Cc3c[nH]c4ccccc34)NC(=O)[C@@H](CC3CCCCC3)NC(=O)[C@@H]3CCCN3C2=O)cc1. The number of aromatic amines is 1. The lowest BCUT2D eigenvalue weighted by atomic mass is 9.84. The molecule has 4 aromatic rings. The molecule has 392 valence electrons. The number of amides is 6. The van der Waals surface area contributed by atoms with Crippen molar-refractivity contribution < 1.29 is 42.3 Å². The number of sulfonamides is 1. The Kier molecular flexibility index (Phi) is 18.5. The van der Waals surface area contributed by atoms with Crippen LogP contribution in [0.15, 0.2) is 88.9 Å². The van der Waals surface area contributed by atoms with Gasteiger partial charge in [-0.2, -0.15) is 4.72 Å². The number of hydrogen-bond acceptors (Lipinski definition) is 10. The highest BCUT2D eigenvalue weighted by Gasteiger charge is 2.41. The van der Waals surface area contributed by atoms with E-state index in [4.69, 9.17) is 11.5 Å². The van der Waals surface area contributed by atoms with Crippen molar-refractivity contribution in [2.75, 3.05) is 19.6 Å². The number of nitrogens with one attached hydrogen (secondary N) is 7. The number of benzene rings is 3. The fourth-order valence-electron chi connectivity index (χ4n) is 10.0. The van der Waals surface area contributed by atoms with Crippen molar-refractivity contribution in [2.24, 2.45) is 22.4 Å². The van der Waals surface area contributed by atoms with Crippen LogP contribution in [-0.4, -0.2) is 121 Å². The molecule has 1 unspecified atom stereocenters. The summed E-state index contributed by atoms with van der Waals surface area (Å²) in [5, 5.41) is 25.3. The Morgan fingerprint density at radius 3 is 2.25 bits per heavy atom. The molecule has 6 atom stereocenters. The molecular formula is C52H69N11O9S. The van der Waals surface area contributed by atoms with Crippen molar-refractivity contribution in [3.8, 4) is 5.75 Å². The maximum absolute atomic E-state index is 14.9. The second-order valence-corrected chi connectivity index (χ2v) is 21.2. The summed E-state index contributed by atoms with van der Waals surface area (Å²) in [6, 6.07) is 12.4. The number of phenols is 1. The monoisotopic (exact) mass is 1020 g/mol. The van der Waals surface area contributed by atoms with Crippen molar-refractivity contribution in [3.05, 3.63) is 95.7 Å². The van der Waals surface area contributed by atoms with E-state index in [0.717, 1.165) is 54.1 Å². The molecular weight excluding hydrogens is 955 g/mol. The largest absolute Gasteiger partial charge is 0.508 e. The second-order valence-electron chi connectivity index (χ2n) is 19.5. The first kappa shape index (κ1) is 53.8. The van der Waals surface area contributed by atoms with Gasteiger partial charge in [-0.1, -0.05) is 80.1 Å². The number of aromatic nitrogens is 1. The molecule has 1 aliphatic carbocycles. The zero-order valence-electron chi connectivity index (χ0n) is 41.2. The van der Waals surface area contributed by atoms with Gasteiger partial charge in [-0.25, -0.2) is 8.42 Å². The van der Waals surface area contributed by atoms with E-state index in [2.05, 4.69) is 41.3 Å². The van der Waals surface area contributed by atoms with Crippen LogP contribution in [0.1, 0.15) is 93.7 Å². The Labute approximate surface area is 425 Å². The van der Waals surface area contributed by atoms with Crippen LogP contribution < -0.4 is 42.8 Å². The molecule has 7 rings (SSSR count). The lowest BCUT2D eigenvalue weighted by Crippen LogP contribution is -2.60. The van der Waals surface area contributed by atoms with Crippen LogP contribution >= 0.6 is 0 Å². The van der Waals surface area contributed by atoms with E-state index in [1.165, 1.54) is 29.2 Å². The molecule has 3 heterocycles. The second kappa shape index (κ2) is 25.1. The van der Waals surface area contributed by atoms with Gasteiger partial charge >= 0.3 is 0 Å². The van der Waals surface area contributed by atoms with Crippen molar-refractivity contribution in [1.82, 2.24) is 41.2 Å². The van der Waals surface area contributed by atoms with Crippen LogP contribution in [0, 0.1) is 12.8 Å². The summed E-state index contributed by atoms with van der Waals surface area (Å²) in [4.78, 5) is 95.9. The van der Waals surface area contributed by atoms with Crippen LogP contribution in [0.3, 0.4) is 0 Å². The molecule has 0 radical (unpaired) electrons. The van der Waals surface area contributed by atoms with Crippen molar-refractivity contribution in [3.63, 3.8) is 0 Å². The van der Waals surface area contributed by atoms with E-state index in [-0.39, 0.29) is 87.1 Å². The summed E-state index contributed by atoms with van der Waals surface area (Å²) in [6.45, 7) is 2.11. The maximum atomic E-state index is 14.9. The van der Waals surface area contributed by atoms with Gasteiger partial charge in [0, 0.05) is 43.2 Å². The molecule has 73 heavy (non-hydrogen) atoms. The van der Waals surface area contributed by atoms with E-state index in [9.17, 15) is 42.3 Å². The number of rotatable bonds is 15. The van der Waals surface area contributed by atoms with Gasteiger partial charge in [0.05, 0.1) is 4.90 Å². The fourth-order valence-corrected chi connectivity index (χ4v) is 11.2. The smallest absolute Gasteiger partial charge is 0.245 e.